The van der Waals surface area contributed by atoms with Gasteiger partial charge in [-0.05, 0) is 61.9 Å². The third kappa shape index (κ3) is 11.2. The molecular weight excluding hydrogens is 940 g/mol. The SMILES string of the molecule is Cc1ncsc1-c1ccc(CNC(=O)C2CC(O)CN2C(=O)C(NC(=O)COCc2cn(CCNC(=O)CC3N=C(c4ccc(Cl)cc4)c4c(sc(C)c4C)-n4c(C)nnc43)nn2)C(C)(C)C)cc1. The maximum Gasteiger partial charge on any atom is 0.246 e. The molecule has 8 rings (SSSR count). The van der Waals surface area contributed by atoms with Gasteiger partial charge in [-0.3, -0.25) is 33.4 Å². The average Bonchev–Trinajstić information content (AvgIpc) is 4.15. The summed E-state index contributed by atoms with van der Waals surface area (Å²) in [7, 11) is 0. The lowest BCUT2D eigenvalue weighted by Gasteiger charge is -2.35. The summed E-state index contributed by atoms with van der Waals surface area (Å²) in [6.07, 6.45) is 0.870. The number of ether oxygens (including phenoxy) is 1. The van der Waals surface area contributed by atoms with Crippen LogP contribution in [-0.2, 0) is 43.6 Å². The van der Waals surface area contributed by atoms with Gasteiger partial charge in [-0.2, -0.15) is 0 Å². The number of aliphatic imine (C=N–C) groups is 1. The third-order valence-corrected chi connectivity index (χ3v) is 14.6. The van der Waals surface area contributed by atoms with Crippen LogP contribution < -0.4 is 16.0 Å². The van der Waals surface area contributed by atoms with Crippen molar-refractivity contribution in [1.82, 2.24) is 55.6 Å². The normalized spacial score (nSPS) is 17.1. The Hall–Kier alpha value is -6.19. The second-order valence-electron chi connectivity index (χ2n) is 18.4. The van der Waals surface area contributed by atoms with E-state index in [9.17, 15) is 24.3 Å². The van der Waals surface area contributed by atoms with Crippen molar-refractivity contribution in [3.63, 3.8) is 0 Å². The first-order valence-corrected chi connectivity index (χ1v) is 24.7. The minimum atomic E-state index is -1.02. The Morgan fingerprint density at radius 1 is 0.957 bits per heavy atom. The van der Waals surface area contributed by atoms with Gasteiger partial charge in [0.05, 0.1) is 53.7 Å². The molecule has 0 bridgehead atoms. The van der Waals surface area contributed by atoms with Crippen LogP contribution in [0.4, 0.5) is 0 Å². The van der Waals surface area contributed by atoms with E-state index in [0.29, 0.717) is 28.9 Å². The van der Waals surface area contributed by atoms with Crippen molar-refractivity contribution in [2.45, 2.75) is 105 Å². The molecule has 4 unspecified atom stereocenters. The number of rotatable bonds is 16. The number of β-amino-alcohol motifs (C(OH)–C–C–N with tert-alkyl or cyclic N) is 1. The van der Waals surface area contributed by atoms with E-state index in [0.717, 1.165) is 54.0 Å². The standard InChI is InChI=1S/C48H55ClN12O6S2/c1-26-28(3)69-47-40(26)41(31-12-14-33(49)15-13-31)53-36(44-57-55-29(4)61(44)47)19-38(63)50-16-17-59-21-34(56-58-59)23-67-24-39(64)54-43(48(5,6)7)46(66)60-22-35(62)18-37(60)45(65)51-20-30-8-10-32(11-9-30)42-27(2)52-25-68-42/h8-15,21,25,35-37,43,62H,16-20,22-24H2,1-7H3,(H,50,63)(H,51,65)(H,54,64). The van der Waals surface area contributed by atoms with Gasteiger partial charge < -0.3 is 30.7 Å². The summed E-state index contributed by atoms with van der Waals surface area (Å²) in [4.78, 5) is 67.4. The number of carbonyl (C=O) groups excluding carboxylic acids is 4. The van der Waals surface area contributed by atoms with Gasteiger partial charge in [0.1, 0.15) is 41.3 Å². The Kier molecular flexibility index (Phi) is 14.8. The smallest absolute Gasteiger partial charge is 0.246 e. The summed E-state index contributed by atoms with van der Waals surface area (Å²) in [5, 5.41) is 38.0. The number of likely N-dealkylation sites (tertiary alicyclic amines) is 1. The molecule has 4 N–H and O–H groups in total. The molecule has 0 aliphatic carbocycles. The number of nitrogens with one attached hydrogen (secondary N) is 3. The van der Waals surface area contributed by atoms with Gasteiger partial charge in [-0.25, -0.2) is 4.98 Å². The Labute approximate surface area is 412 Å². The summed E-state index contributed by atoms with van der Waals surface area (Å²) in [5.74, 6) is -0.347. The van der Waals surface area contributed by atoms with E-state index in [1.54, 1.807) is 39.1 Å². The van der Waals surface area contributed by atoms with Crippen molar-refractivity contribution >= 4 is 63.6 Å². The Morgan fingerprint density at radius 2 is 1.70 bits per heavy atom. The van der Waals surface area contributed by atoms with Gasteiger partial charge in [-0.1, -0.05) is 74.0 Å². The number of thiophene rings is 1. The maximum absolute atomic E-state index is 14.1. The van der Waals surface area contributed by atoms with Crippen molar-refractivity contribution in [3.8, 4) is 15.4 Å². The minimum absolute atomic E-state index is 0.0309. The zero-order valence-corrected chi connectivity index (χ0v) is 41.8. The van der Waals surface area contributed by atoms with Crippen molar-refractivity contribution < 1.29 is 29.0 Å². The molecule has 6 heterocycles. The number of aryl methyl sites for hydroxylation is 3. The zero-order valence-electron chi connectivity index (χ0n) is 39.4. The first-order chi connectivity index (χ1) is 32.9. The highest BCUT2D eigenvalue weighted by molar-refractivity contribution is 7.15. The molecule has 4 amide bonds. The van der Waals surface area contributed by atoms with Crippen LogP contribution in [0.5, 0.6) is 0 Å². The lowest BCUT2D eigenvalue weighted by Crippen LogP contribution is -2.58. The molecule has 2 aliphatic heterocycles. The van der Waals surface area contributed by atoms with E-state index in [-0.39, 0.29) is 51.6 Å². The number of thiazole rings is 1. The topological polar surface area (TPSA) is 224 Å². The fraction of sp³-hybridized carbons (Fsp3) is 0.417. The molecule has 1 saturated heterocycles. The molecule has 362 valence electrons. The van der Waals surface area contributed by atoms with Crippen LogP contribution in [0.2, 0.25) is 5.02 Å². The number of carbonyl (C=O) groups is 4. The fourth-order valence-electron chi connectivity index (χ4n) is 8.44. The Morgan fingerprint density at radius 3 is 2.41 bits per heavy atom. The van der Waals surface area contributed by atoms with Gasteiger partial charge in [0.2, 0.25) is 23.6 Å². The second kappa shape index (κ2) is 20.8. The quantitative estimate of drug-likeness (QED) is 0.0967. The first-order valence-electron chi connectivity index (χ1n) is 22.6. The lowest BCUT2D eigenvalue weighted by atomic mass is 9.85. The molecule has 0 saturated carbocycles. The van der Waals surface area contributed by atoms with Crippen LogP contribution in [0.3, 0.4) is 0 Å². The van der Waals surface area contributed by atoms with Crippen LogP contribution in [0.1, 0.15) is 89.8 Å². The molecule has 18 nitrogen and oxygen atoms in total. The van der Waals surface area contributed by atoms with Gasteiger partial charge in [0.25, 0.3) is 0 Å². The number of fused-ring (bicyclic) bond motifs is 3. The molecule has 69 heavy (non-hydrogen) atoms. The predicted molar refractivity (Wildman–Crippen MR) is 262 cm³/mol. The van der Waals surface area contributed by atoms with E-state index in [1.807, 2.05) is 87.7 Å². The van der Waals surface area contributed by atoms with E-state index < -0.39 is 47.4 Å². The molecule has 6 aromatic rings. The number of aromatic nitrogens is 7. The van der Waals surface area contributed by atoms with Crippen molar-refractivity contribution in [1.29, 1.82) is 0 Å². The Balaban J connectivity index is 0.815. The van der Waals surface area contributed by atoms with Gasteiger partial charge >= 0.3 is 0 Å². The van der Waals surface area contributed by atoms with Gasteiger partial charge in [-0.15, -0.1) is 38.0 Å². The molecule has 4 atom stereocenters. The molecular formula is C48H55ClN12O6S2. The zero-order chi connectivity index (χ0) is 49.1. The first kappa shape index (κ1) is 49.2. The maximum atomic E-state index is 14.1. The van der Waals surface area contributed by atoms with Crippen LogP contribution in [0, 0.1) is 33.1 Å². The largest absolute Gasteiger partial charge is 0.391 e. The number of benzene rings is 2. The van der Waals surface area contributed by atoms with Crippen molar-refractivity contribution in [2.75, 3.05) is 19.7 Å². The van der Waals surface area contributed by atoms with E-state index in [4.69, 9.17) is 21.3 Å². The van der Waals surface area contributed by atoms with E-state index in [1.165, 1.54) is 4.90 Å². The van der Waals surface area contributed by atoms with Crippen LogP contribution in [0.15, 0.2) is 65.2 Å². The highest BCUT2D eigenvalue weighted by atomic mass is 35.5. The summed E-state index contributed by atoms with van der Waals surface area (Å²) in [6.45, 7) is 13.8. The van der Waals surface area contributed by atoms with Crippen molar-refractivity contribution in [3.05, 3.63) is 115 Å². The van der Waals surface area contributed by atoms with Crippen molar-refractivity contribution in [2.24, 2.45) is 10.4 Å². The molecule has 0 radical (unpaired) electrons. The number of hydrogen-bond acceptors (Lipinski definition) is 14. The summed E-state index contributed by atoms with van der Waals surface area (Å²) >= 11 is 9.45. The number of hydrogen-bond donors (Lipinski definition) is 4. The number of aliphatic hydroxyl groups excluding tert-OH is 1. The highest BCUT2D eigenvalue weighted by Gasteiger charge is 2.44. The fourth-order valence-corrected chi connectivity index (χ4v) is 10.6. The number of halogens is 1. The predicted octanol–water partition coefficient (Wildman–Crippen LogP) is 5.36. The van der Waals surface area contributed by atoms with Crippen LogP contribution in [-0.4, -0.2) is 112 Å². The lowest BCUT2D eigenvalue weighted by molar-refractivity contribution is -0.144. The molecule has 2 aromatic carbocycles. The Bertz CT molecular complexity index is 2880. The number of nitrogens with zero attached hydrogens (tertiary/aromatic N) is 9. The second-order valence-corrected chi connectivity index (χ2v) is 20.9. The van der Waals surface area contributed by atoms with E-state index in [2.05, 4.69) is 55.3 Å². The molecule has 1 fully saturated rings. The van der Waals surface area contributed by atoms with Gasteiger partial charge in [0.15, 0.2) is 5.82 Å². The molecule has 21 heteroatoms. The molecule has 4 aromatic heterocycles. The molecule has 0 spiro atoms. The number of aliphatic hydroxyl groups is 1. The summed E-state index contributed by atoms with van der Waals surface area (Å²) in [6, 6.07) is 12.8. The summed E-state index contributed by atoms with van der Waals surface area (Å²) in [5.41, 5.74) is 8.12. The summed E-state index contributed by atoms with van der Waals surface area (Å²) < 4.78 is 9.25. The molecule has 2 aliphatic rings. The average molecular weight is 996 g/mol. The number of amides is 4. The van der Waals surface area contributed by atoms with E-state index >= 15 is 0 Å². The van der Waals surface area contributed by atoms with Crippen LogP contribution >= 0.6 is 34.3 Å². The van der Waals surface area contributed by atoms with Gasteiger partial charge in [0, 0.05) is 47.1 Å². The van der Waals surface area contributed by atoms with Crippen LogP contribution in [0.25, 0.3) is 15.4 Å². The third-order valence-electron chi connectivity index (χ3n) is 12.2. The monoisotopic (exact) mass is 994 g/mol. The minimum Gasteiger partial charge on any atom is -0.391 e. The highest BCUT2D eigenvalue weighted by Crippen LogP contribution is 2.40.